The Kier molecular flexibility index (Phi) is 2.92. The van der Waals surface area contributed by atoms with Crippen molar-refractivity contribution in [1.82, 2.24) is 0 Å². The van der Waals surface area contributed by atoms with Crippen LogP contribution in [0.4, 0.5) is 13.2 Å². The van der Waals surface area contributed by atoms with Crippen LogP contribution in [-0.2, 0) is 0 Å². The maximum absolute atomic E-state index is 13.7. The topological polar surface area (TPSA) is 0 Å². The average Bonchev–Trinajstić information content (AvgIpc) is 2.25. The zero-order valence-electron chi connectivity index (χ0n) is 9.52. The van der Waals surface area contributed by atoms with Crippen molar-refractivity contribution in [1.29, 1.82) is 0 Å². The Morgan fingerprint density at radius 1 is 0.765 bits per heavy atom. The van der Waals surface area contributed by atoms with E-state index in [0.29, 0.717) is 0 Å². The van der Waals surface area contributed by atoms with Gasteiger partial charge in [0.25, 0.3) is 0 Å². The van der Waals surface area contributed by atoms with Crippen molar-refractivity contribution >= 4 is 0 Å². The van der Waals surface area contributed by atoms with Gasteiger partial charge in [0.2, 0.25) is 0 Å². The molecule has 0 aliphatic rings. The van der Waals surface area contributed by atoms with Crippen molar-refractivity contribution in [2.45, 2.75) is 13.8 Å². The second kappa shape index (κ2) is 4.24. The molecule has 0 atom stereocenters. The lowest BCUT2D eigenvalue weighted by Gasteiger charge is -2.07. The third-order valence-electron chi connectivity index (χ3n) is 2.72. The van der Waals surface area contributed by atoms with Crippen LogP contribution in [0.15, 0.2) is 30.3 Å². The van der Waals surface area contributed by atoms with E-state index in [4.69, 9.17) is 0 Å². The Balaban J connectivity index is 2.61. The van der Waals surface area contributed by atoms with Crippen molar-refractivity contribution in [2.75, 3.05) is 0 Å². The van der Waals surface area contributed by atoms with Crippen LogP contribution < -0.4 is 0 Å². The van der Waals surface area contributed by atoms with Crippen LogP contribution in [0.3, 0.4) is 0 Å². The summed E-state index contributed by atoms with van der Waals surface area (Å²) >= 11 is 0. The Hall–Kier alpha value is -1.77. The molecule has 0 saturated carbocycles. The summed E-state index contributed by atoms with van der Waals surface area (Å²) in [5.74, 6) is -1.81. The molecule has 2 aromatic rings. The molecule has 2 aromatic carbocycles. The van der Waals surface area contributed by atoms with Gasteiger partial charge in [-0.1, -0.05) is 12.1 Å². The first-order valence-electron chi connectivity index (χ1n) is 5.21. The molecule has 0 bridgehead atoms. The van der Waals surface area contributed by atoms with E-state index < -0.39 is 17.5 Å². The van der Waals surface area contributed by atoms with Gasteiger partial charge in [-0.15, -0.1) is 0 Å². The van der Waals surface area contributed by atoms with Crippen molar-refractivity contribution in [3.63, 3.8) is 0 Å². The molecular weight excluding hydrogens is 225 g/mol. The minimum absolute atomic E-state index is 0.0544. The molecule has 0 aliphatic carbocycles. The van der Waals surface area contributed by atoms with E-state index in [1.807, 2.05) is 0 Å². The Morgan fingerprint density at radius 2 is 1.35 bits per heavy atom. The SMILES string of the molecule is Cc1ccc(-c2cc(F)c(C)c(F)c2)c(F)c1. The van der Waals surface area contributed by atoms with Crippen molar-refractivity contribution < 1.29 is 13.2 Å². The van der Waals surface area contributed by atoms with E-state index in [2.05, 4.69) is 0 Å². The molecule has 0 unspecified atom stereocenters. The molecule has 17 heavy (non-hydrogen) atoms. The van der Waals surface area contributed by atoms with E-state index in [-0.39, 0.29) is 16.7 Å². The standard InChI is InChI=1S/C14H11F3/c1-8-3-4-11(14(17)5-8)10-6-12(15)9(2)13(16)7-10/h3-7H,1-2H3. The number of hydrogen-bond acceptors (Lipinski definition) is 0. The van der Waals surface area contributed by atoms with Gasteiger partial charge in [-0.3, -0.25) is 0 Å². The summed E-state index contributed by atoms with van der Waals surface area (Å²) in [5.41, 5.74) is 1.12. The van der Waals surface area contributed by atoms with Crippen LogP contribution in [0.5, 0.6) is 0 Å². The third kappa shape index (κ3) is 2.18. The van der Waals surface area contributed by atoms with Crippen molar-refractivity contribution in [3.8, 4) is 11.1 Å². The lowest BCUT2D eigenvalue weighted by molar-refractivity contribution is 0.568. The summed E-state index contributed by atoms with van der Waals surface area (Å²) in [5, 5.41) is 0. The van der Waals surface area contributed by atoms with Gasteiger partial charge in [-0.25, -0.2) is 13.2 Å². The molecule has 2 rings (SSSR count). The number of halogens is 3. The molecule has 0 radical (unpaired) electrons. The molecule has 0 spiro atoms. The molecule has 0 aromatic heterocycles. The van der Waals surface area contributed by atoms with Gasteiger partial charge >= 0.3 is 0 Å². The van der Waals surface area contributed by atoms with Crippen LogP contribution >= 0.6 is 0 Å². The number of aryl methyl sites for hydroxylation is 1. The molecule has 0 N–H and O–H groups in total. The van der Waals surface area contributed by atoms with Crippen LogP contribution in [-0.4, -0.2) is 0 Å². The fourth-order valence-corrected chi connectivity index (χ4v) is 1.66. The Bertz CT molecular complexity index is 551. The first-order chi connectivity index (χ1) is 7.99. The van der Waals surface area contributed by atoms with Gasteiger partial charge < -0.3 is 0 Å². The Morgan fingerprint density at radius 3 is 1.88 bits per heavy atom. The van der Waals surface area contributed by atoms with Gasteiger partial charge in [0, 0.05) is 11.1 Å². The number of benzene rings is 2. The highest BCUT2D eigenvalue weighted by Gasteiger charge is 2.11. The second-order valence-corrected chi connectivity index (χ2v) is 4.05. The van der Waals surface area contributed by atoms with Crippen molar-refractivity contribution in [2.24, 2.45) is 0 Å². The summed E-state index contributed by atoms with van der Waals surface area (Å²) in [6.45, 7) is 3.10. The minimum Gasteiger partial charge on any atom is -0.207 e. The lowest BCUT2D eigenvalue weighted by Crippen LogP contribution is -1.92. The summed E-state index contributed by atoms with van der Waals surface area (Å²) in [7, 11) is 0. The smallest absolute Gasteiger partial charge is 0.131 e. The summed E-state index contributed by atoms with van der Waals surface area (Å²) in [6, 6.07) is 6.85. The number of hydrogen-bond donors (Lipinski definition) is 0. The molecule has 3 heteroatoms. The van der Waals surface area contributed by atoms with Gasteiger partial charge in [0.1, 0.15) is 17.5 Å². The van der Waals surface area contributed by atoms with E-state index >= 15 is 0 Å². The normalized spacial score (nSPS) is 10.6. The summed E-state index contributed by atoms with van der Waals surface area (Å²) < 4.78 is 40.4. The van der Waals surface area contributed by atoms with E-state index in [1.165, 1.54) is 19.1 Å². The van der Waals surface area contributed by atoms with Gasteiger partial charge in [0.15, 0.2) is 0 Å². The quantitative estimate of drug-likeness (QED) is 0.689. The monoisotopic (exact) mass is 236 g/mol. The van der Waals surface area contributed by atoms with Crippen LogP contribution in [0.25, 0.3) is 11.1 Å². The van der Waals surface area contributed by atoms with Gasteiger partial charge in [-0.2, -0.15) is 0 Å². The van der Waals surface area contributed by atoms with E-state index in [0.717, 1.165) is 17.7 Å². The summed E-state index contributed by atoms with van der Waals surface area (Å²) in [6.07, 6.45) is 0. The van der Waals surface area contributed by atoms with Crippen LogP contribution in [0.1, 0.15) is 11.1 Å². The fourth-order valence-electron chi connectivity index (χ4n) is 1.66. The van der Waals surface area contributed by atoms with E-state index in [9.17, 15) is 13.2 Å². The minimum atomic E-state index is -0.667. The Labute approximate surface area is 97.7 Å². The average molecular weight is 236 g/mol. The highest BCUT2D eigenvalue weighted by molar-refractivity contribution is 5.65. The second-order valence-electron chi connectivity index (χ2n) is 4.05. The van der Waals surface area contributed by atoms with Crippen LogP contribution in [0, 0.1) is 31.3 Å². The van der Waals surface area contributed by atoms with Crippen LogP contribution in [0.2, 0.25) is 0 Å². The van der Waals surface area contributed by atoms with Gasteiger partial charge in [0.05, 0.1) is 0 Å². The largest absolute Gasteiger partial charge is 0.207 e. The highest BCUT2D eigenvalue weighted by atomic mass is 19.1. The molecule has 0 saturated heterocycles. The molecule has 0 nitrogen and oxygen atoms in total. The first-order valence-corrected chi connectivity index (χ1v) is 5.21. The lowest BCUT2D eigenvalue weighted by atomic mass is 10.0. The molecular formula is C14H11F3. The zero-order valence-corrected chi connectivity index (χ0v) is 9.52. The maximum atomic E-state index is 13.7. The third-order valence-corrected chi connectivity index (χ3v) is 2.72. The summed E-state index contributed by atoms with van der Waals surface area (Å²) in [4.78, 5) is 0. The van der Waals surface area contributed by atoms with E-state index in [1.54, 1.807) is 13.0 Å². The molecule has 0 fully saturated rings. The predicted octanol–water partition coefficient (Wildman–Crippen LogP) is 4.39. The maximum Gasteiger partial charge on any atom is 0.131 e. The molecule has 0 amide bonds. The molecule has 88 valence electrons. The zero-order chi connectivity index (χ0) is 12.6. The fraction of sp³-hybridized carbons (Fsp3) is 0.143. The number of rotatable bonds is 1. The van der Waals surface area contributed by atoms with Crippen molar-refractivity contribution in [3.05, 3.63) is 58.9 Å². The predicted molar refractivity (Wildman–Crippen MR) is 61.2 cm³/mol. The first kappa shape index (κ1) is 11.7. The molecule has 0 heterocycles. The highest BCUT2D eigenvalue weighted by Crippen LogP contribution is 2.26. The molecule has 0 aliphatic heterocycles. The van der Waals surface area contributed by atoms with Gasteiger partial charge in [-0.05, 0) is 43.2 Å².